The predicted molar refractivity (Wildman–Crippen MR) is 144 cm³/mol. The molecule has 2 aliphatic rings. The zero-order chi connectivity index (χ0) is 26.2. The summed E-state index contributed by atoms with van der Waals surface area (Å²) in [7, 11) is 0. The van der Waals surface area contributed by atoms with Gasteiger partial charge in [0.2, 0.25) is 0 Å². The molecule has 1 saturated carbocycles. The maximum absolute atomic E-state index is 15.1. The van der Waals surface area contributed by atoms with Crippen LogP contribution in [-0.2, 0) is 6.54 Å². The molecule has 1 saturated heterocycles. The van der Waals surface area contributed by atoms with Crippen LogP contribution in [0.2, 0.25) is 0 Å². The number of aryl methyl sites for hydroxylation is 1. The molecule has 0 spiro atoms. The second-order valence-corrected chi connectivity index (χ2v) is 10.6. The van der Waals surface area contributed by atoms with E-state index in [0.717, 1.165) is 35.3 Å². The van der Waals surface area contributed by atoms with Gasteiger partial charge >= 0.3 is 0 Å². The molecule has 4 heterocycles. The Kier molecular flexibility index (Phi) is 6.66. The number of hydrogen-bond acceptors (Lipinski definition) is 5. The summed E-state index contributed by atoms with van der Waals surface area (Å²) in [5.41, 5.74) is 3.97. The van der Waals surface area contributed by atoms with E-state index in [9.17, 15) is 9.18 Å². The first-order valence-corrected chi connectivity index (χ1v) is 13.2. The van der Waals surface area contributed by atoms with Gasteiger partial charge in [-0.2, -0.15) is 0 Å². The number of piperidine rings is 1. The van der Waals surface area contributed by atoms with Gasteiger partial charge in [0.05, 0.1) is 17.4 Å². The Labute approximate surface area is 220 Å². The molecule has 1 aliphatic carbocycles. The number of benzene rings is 1. The number of nitrogens with zero attached hydrogens (tertiary/aromatic N) is 4. The number of halogens is 2. The first-order valence-electron chi connectivity index (χ1n) is 13.2. The number of anilines is 1. The summed E-state index contributed by atoms with van der Waals surface area (Å²) in [6.45, 7) is 3.21. The number of pyridine rings is 3. The summed E-state index contributed by atoms with van der Waals surface area (Å²) >= 11 is 0. The summed E-state index contributed by atoms with van der Waals surface area (Å²) in [4.78, 5) is 24.1. The van der Waals surface area contributed by atoms with Gasteiger partial charge in [-0.15, -0.1) is 0 Å². The minimum absolute atomic E-state index is 0.0516. The van der Waals surface area contributed by atoms with Crippen molar-refractivity contribution in [2.75, 3.05) is 18.0 Å². The Balaban J connectivity index is 1.34. The minimum Gasteiger partial charge on any atom is -0.367 e. The van der Waals surface area contributed by atoms with E-state index in [-0.39, 0.29) is 17.4 Å². The van der Waals surface area contributed by atoms with Gasteiger partial charge in [0.1, 0.15) is 12.0 Å². The number of rotatable bonds is 7. The van der Waals surface area contributed by atoms with Crippen LogP contribution in [0, 0.1) is 18.7 Å². The third kappa shape index (κ3) is 5.05. The Morgan fingerprint density at radius 1 is 1.13 bits per heavy atom. The largest absolute Gasteiger partial charge is 0.367 e. The number of nitrogens with one attached hydrogen (secondary N) is 1. The Bertz CT molecular complexity index is 1500. The monoisotopic (exact) mass is 515 g/mol. The highest BCUT2D eigenvalue weighted by molar-refractivity contribution is 5.80. The molecule has 1 unspecified atom stereocenters. The van der Waals surface area contributed by atoms with Crippen LogP contribution in [0.4, 0.5) is 14.5 Å². The van der Waals surface area contributed by atoms with E-state index in [1.807, 2.05) is 42.3 Å². The van der Waals surface area contributed by atoms with E-state index < -0.39 is 12.0 Å². The normalized spacial score (nSPS) is 20.6. The molecule has 8 heteroatoms. The van der Waals surface area contributed by atoms with Gasteiger partial charge in [0.25, 0.3) is 0 Å². The Morgan fingerprint density at radius 3 is 2.76 bits per heavy atom. The molecular weight excluding hydrogens is 484 g/mol. The predicted octanol–water partition coefficient (Wildman–Crippen LogP) is 5.27. The van der Waals surface area contributed by atoms with E-state index in [1.165, 1.54) is 12.1 Å². The first-order chi connectivity index (χ1) is 18.5. The lowest BCUT2D eigenvalue weighted by Gasteiger charge is -2.40. The number of hydrogen-bond donors (Lipinski definition) is 1. The van der Waals surface area contributed by atoms with Crippen molar-refractivity contribution in [3.8, 4) is 0 Å². The molecule has 1 aliphatic heterocycles. The quantitative estimate of drug-likeness (QED) is 0.363. The molecule has 6 nitrogen and oxygen atoms in total. The van der Waals surface area contributed by atoms with Crippen LogP contribution in [0.5, 0.6) is 0 Å². The van der Waals surface area contributed by atoms with Crippen molar-refractivity contribution in [3.05, 3.63) is 100 Å². The molecule has 38 heavy (non-hydrogen) atoms. The molecule has 0 bridgehead atoms. The third-order valence-corrected chi connectivity index (χ3v) is 7.71. The van der Waals surface area contributed by atoms with Crippen LogP contribution in [0.15, 0.2) is 72.0 Å². The minimum atomic E-state index is -0.989. The van der Waals surface area contributed by atoms with Crippen LogP contribution in [0.25, 0.3) is 10.9 Å². The first kappa shape index (κ1) is 24.7. The number of aromatic nitrogens is 3. The lowest BCUT2D eigenvalue weighted by Crippen LogP contribution is -2.46. The van der Waals surface area contributed by atoms with E-state index >= 15 is 4.39 Å². The average molecular weight is 516 g/mol. The molecule has 2 fully saturated rings. The van der Waals surface area contributed by atoms with E-state index in [1.54, 1.807) is 24.7 Å². The van der Waals surface area contributed by atoms with Crippen molar-refractivity contribution in [1.29, 1.82) is 0 Å². The van der Waals surface area contributed by atoms with Gasteiger partial charge < -0.3 is 14.8 Å². The second-order valence-electron chi connectivity index (χ2n) is 10.6. The standard InChI is InChI=1S/C30H31F2N5O/c1-19-11-20(8-10-34-19)29(21-12-24(32)18-36(16-21)26-3-2-9-33-15-26)35-14-22-17-37(25-5-6-25)28-7-4-23(31)13-27(28)30(22)38/h2-4,7-11,13,15,17,21,24-25,29,35H,5-6,12,14,16,18H2,1H3/t21-,24-,29?/m0/s1. The van der Waals surface area contributed by atoms with Crippen molar-refractivity contribution >= 4 is 16.6 Å². The summed E-state index contributed by atoms with van der Waals surface area (Å²) in [5, 5.41) is 4.00. The molecule has 1 N–H and O–H groups in total. The Morgan fingerprint density at radius 2 is 2.00 bits per heavy atom. The second kappa shape index (κ2) is 10.3. The van der Waals surface area contributed by atoms with E-state index in [0.29, 0.717) is 43.0 Å². The van der Waals surface area contributed by atoms with Gasteiger partial charge in [0, 0.05) is 67.0 Å². The van der Waals surface area contributed by atoms with Crippen molar-refractivity contribution < 1.29 is 8.78 Å². The van der Waals surface area contributed by atoms with Crippen molar-refractivity contribution in [1.82, 2.24) is 19.9 Å². The van der Waals surface area contributed by atoms with E-state index in [2.05, 4.69) is 19.9 Å². The lowest BCUT2D eigenvalue weighted by molar-refractivity contribution is 0.201. The van der Waals surface area contributed by atoms with Gasteiger partial charge in [0.15, 0.2) is 5.43 Å². The van der Waals surface area contributed by atoms with Crippen LogP contribution < -0.4 is 15.6 Å². The molecule has 3 atom stereocenters. The fourth-order valence-electron chi connectivity index (χ4n) is 5.77. The zero-order valence-electron chi connectivity index (χ0n) is 21.4. The molecule has 1 aromatic carbocycles. The summed E-state index contributed by atoms with van der Waals surface area (Å²) in [6, 6.07) is 12.4. The summed E-state index contributed by atoms with van der Waals surface area (Å²) < 4.78 is 31.3. The number of fused-ring (bicyclic) bond motifs is 1. The number of alkyl halides is 1. The topological polar surface area (TPSA) is 63.1 Å². The highest BCUT2D eigenvalue weighted by Gasteiger charge is 2.34. The third-order valence-electron chi connectivity index (χ3n) is 7.71. The maximum Gasteiger partial charge on any atom is 0.193 e. The molecule has 0 amide bonds. The van der Waals surface area contributed by atoms with Gasteiger partial charge in [-0.05, 0) is 80.1 Å². The van der Waals surface area contributed by atoms with Crippen LogP contribution in [-0.4, -0.2) is 33.8 Å². The van der Waals surface area contributed by atoms with Crippen molar-refractivity contribution in [2.24, 2.45) is 5.92 Å². The van der Waals surface area contributed by atoms with Crippen molar-refractivity contribution in [2.45, 2.75) is 51.0 Å². The smallest absolute Gasteiger partial charge is 0.193 e. The average Bonchev–Trinajstić information content (AvgIpc) is 3.76. The molecule has 4 aromatic rings. The highest BCUT2D eigenvalue weighted by Crippen LogP contribution is 2.37. The fraction of sp³-hybridized carbons (Fsp3) is 0.367. The summed E-state index contributed by atoms with van der Waals surface area (Å²) in [6.07, 6.45) is 8.68. The van der Waals surface area contributed by atoms with E-state index in [4.69, 9.17) is 0 Å². The maximum atomic E-state index is 15.1. The van der Waals surface area contributed by atoms with Crippen molar-refractivity contribution in [3.63, 3.8) is 0 Å². The molecule has 3 aromatic heterocycles. The van der Waals surface area contributed by atoms with Crippen LogP contribution in [0.1, 0.15) is 48.2 Å². The Hall–Kier alpha value is -3.65. The van der Waals surface area contributed by atoms with Gasteiger partial charge in [-0.1, -0.05) is 0 Å². The SMILES string of the molecule is Cc1cc(C(NCc2cn(C3CC3)c3ccc(F)cc3c2=O)[C@H]2C[C@H](F)CN(c3cccnc3)C2)ccn1. The van der Waals surface area contributed by atoms with Crippen LogP contribution >= 0.6 is 0 Å². The zero-order valence-corrected chi connectivity index (χ0v) is 21.4. The lowest BCUT2D eigenvalue weighted by atomic mass is 9.85. The molecule has 6 rings (SSSR count). The molecular formula is C30H31F2N5O. The molecule has 196 valence electrons. The highest BCUT2D eigenvalue weighted by atomic mass is 19.1. The van der Waals surface area contributed by atoms with Gasteiger partial charge in [-0.3, -0.25) is 14.8 Å². The van der Waals surface area contributed by atoms with Crippen LogP contribution in [0.3, 0.4) is 0 Å². The summed E-state index contributed by atoms with van der Waals surface area (Å²) in [5.74, 6) is -0.469. The fourth-order valence-corrected chi connectivity index (χ4v) is 5.77. The van der Waals surface area contributed by atoms with Gasteiger partial charge in [-0.25, -0.2) is 8.78 Å². The molecule has 0 radical (unpaired) electrons.